The summed E-state index contributed by atoms with van der Waals surface area (Å²) in [7, 11) is 1.67. The average molecular weight is 478 g/mol. The van der Waals surface area contributed by atoms with Crippen molar-refractivity contribution in [3.05, 3.63) is 81.5 Å². The molecule has 2 aromatic carbocycles. The Morgan fingerprint density at radius 3 is 2.48 bits per heavy atom. The van der Waals surface area contributed by atoms with E-state index in [4.69, 9.17) is 4.74 Å². The molecule has 33 heavy (non-hydrogen) atoms. The van der Waals surface area contributed by atoms with Crippen LogP contribution in [0.25, 0.3) is 11.1 Å². The van der Waals surface area contributed by atoms with Crippen LogP contribution in [0.4, 0.5) is 0 Å². The Labute approximate surface area is 215 Å². The normalized spacial score (nSPS) is 12.5. The molecule has 170 valence electrons. The molecule has 8 heteroatoms. The average Bonchev–Trinajstić information content (AvgIpc) is 3.31. The predicted octanol–water partition coefficient (Wildman–Crippen LogP) is 4.75. The first-order chi connectivity index (χ1) is 15.5. The second kappa shape index (κ2) is 13.0. The van der Waals surface area contributed by atoms with E-state index in [1.165, 1.54) is 0 Å². The van der Waals surface area contributed by atoms with E-state index < -0.39 is 17.9 Å². The quantitative estimate of drug-likeness (QED) is 0.412. The predicted molar refractivity (Wildman–Crippen MR) is 139 cm³/mol. The molecule has 1 heterocycles. The Bertz CT molecular complexity index is 1070. The number of ether oxygens (including phenoxy) is 1. The van der Waals surface area contributed by atoms with Gasteiger partial charge in [0.15, 0.2) is 0 Å². The Kier molecular flexibility index (Phi) is 10.7. The van der Waals surface area contributed by atoms with Crippen molar-refractivity contribution >= 4 is 53.8 Å². The standard InChI is InChI=1S/C25H27NO4S2.Li.H/c1-16-7-4-5-8-18(16)20-15-17(23(30-2)22-9-6-13-32-22)10-11-19(20)24(27)26-21(25(28)29)12-14-31-3;;/h4-11,13,15,21,23H,12,14H2,1-3H3,(H,26,27)(H,28,29);;. The van der Waals surface area contributed by atoms with Gasteiger partial charge < -0.3 is 15.2 Å². The van der Waals surface area contributed by atoms with E-state index >= 15 is 0 Å². The molecule has 2 unspecified atom stereocenters. The zero-order valence-electron chi connectivity index (χ0n) is 18.3. The number of hydrogen-bond acceptors (Lipinski definition) is 5. The van der Waals surface area contributed by atoms with Crippen molar-refractivity contribution in [3.8, 4) is 11.1 Å². The Morgan fingerprint density at radius 1 is 1.12 bits per heavy atom. The summed E-state index contributed by atoms with van der Waals surface area (Å²) in [6, 6.07) is 16.5. The molecule has 3 aromatic rings. The molecule has 0 fully saturated rings. The van der Waals surface area contributed by atoms with Crippen molar-refractivity contribution in [3.63, 3.8) is 0 Å². The van der Waals surface area contributed by atoms with Gasteiger partial charge in [-0.05, 0) is 71.2 Å². The molecule has 1 amide bonds. The van der Waals surface area contributed by atoms with Crippen LogP contribution in [0.5, 0.6) is 0 Å². The number of benzene rings is 2. The number of carbonyl (C=O) groups excluding carboxylic acids is 1. The van der Waals surface area contributed by atoms with Gasteiger partial charge in [0.2, 0.25) is 0 Å². The third-order valence-corrected chi connectivity index (χ3v) is 6.84. The number of carboxylic acids is 1. The number of thiophene rings is 1. The van der Waals surface area contributed by atoms with Crippen LogP contribution in [-0.4, -0.2) is 61.0 Å². The van der Waals surface area contributed by atoms with Crippen molar-refractivity contribution in [2.24, 2.45) is 0 Å². The molecule has 0 aliphatic carbocycles. The van der Waals surface area contributed by atoms with Gasteiger partial charge in [-0.1, -0.05) is 36.4 Å². The SMILES string of the molecule is COC(c1ccc(C(=O)NC(CCSC)C(=O)O)c(-c2ccccc2C)c1)c1cccs1.[LiH]. The molecule has 0 saturated carbocycles. The summed E-state index contributed by atoms with van der Waals surface area (Å²) in [6.07, 6.45) is 2.03. The minimum absolute atomic E-state index is 0. The number of amides is 1. The molecule has 1 aromatic heterocycles. The van der Waals surface area contributed by atoms with Crippen LogP contribution in [-0.2, 0) is 9.53 Å². The molecule has 0 radical (unpaired) electrons. The first-order valence-corrected chi connectivity index (χ1v) is 12.5. The van der Waals surface area contributed by atoms with E-state index in [2.05, 4.69) is 5.32 Å². The van der Waals surface area contributed by atoms with Crippen molar-refractivity contribution in [1.29, 1.82) is 0 Å². The topological polar surface area (TPSA) is 75.6 Å². The molecule has 0 aliphatic heterocycles. The molecule has 0 bridgehead atoms. The third kappa shape index (κ3) is 6.75. The zero-order chi connectivity index (χ0) is 23.1. The second-order valence-corrected chi connectivity index (χ2v) is 9.36. The molecule has 2 N–H and O–H groups in total. The summed E-state index contributed by atoms with van der Waals surface area (Å²) in [6.45, 7) is 2.00. The van der Waals surface area contributed by atoms with E-state index in [0.717, 1.165) is 27.1 Å². The maximum atomic E-state index is 13.2. The minimum atomic E-state index is -1.03. The van der Waals surface area contributed by atoms with Gasteiger partial charge in [0.1, 0.15) is 12.1 Å². The molecular weight excluding hydrogens is 449 g/mol. The fraction of sp³-hybridized carbons (Fsp3) is 0.280. The van der Waals surface area contributed by atoms with Gasteiger partial charge in [0, 0.05) is 17.6 Å². The second-order valence-electron chi connectivity index (χ2n) is 7.40. The first-order valence-electron chi connectivity index (χ1n) is 10.2. The Balaban J connectivity index is 0.00000385. The van der Waals surface area contributed by atoms with Gasteiger partial charge >= 0.3 is 24.8 Å². The maximum absolute atomic E-state index is 13.2. The number of aryl methyl sites for hydroxylation is 1. The fourth-order valence-electron chi connectivity index (χ4n) is 3.61. The zero-order valence-corrected chi connectivity index (χ0v) is 20.0. The van der Waals surface area contributed by atoms with Crippen molar-refractivity contribution in [2.45, 2.75) is 25.5 Å². The number of thioether (sulfide) groups is 1. The van der Waals surface area contributed by atoms with Crippen molar-refractivity contribution in [1.82, 2.24) is 5.32 Å². The number of nitrogens with one attached hydrogen (secondary N) is 1. The molecule has 0 spiro atoms. The number of carbonyl (C=O) groups is 2. The van der Waals surface area contributed by atoms with Gasteiger partial charge in [-0.3, -0.25) is 4.79 Å². The van der Waals surface area contributed by atoms with Crippen LogP contribution in [0.15, 0.2) is 60.0 Å². The van der Waals surface area contributed by atoms with Crippen LogP contribution in [0, 0.1) is 6.92 Å². The number of methoxy groups -OCH3 is 1. The van der Waals surface area contributed by atoms with Gasteiger partial charge in [0.25, 0.3) is 5.91 Å². The van der Waals surface area contributed by atoms with Gasteiger partial charge in [-0.15, -0.1) is 11.3 Å². The van der Waals surface area contributed by atoms with Crippen LogP contribution >= 0.6 is 23.1 Å². The summed E-state index contributed by atoms with van der Waals surface area (Å²) in [5.74, 6) is -0.774. The summed E-state index contributed by atoms with van der Waals surface area (Å²) >= 11 is 3.16. The van der Waals surface area contributed by atoms with Gasteiger partial charge in [-0.25, -0.2) is 4.79 Å². The van der Waals surface area contributed by atoms with E-state index in [0.29, 0.717) is 17.7 Å². The molecular formula is C25H28LiNO4S2. The number of hydrogen-bond donors (Lipinski definition) is 2. The molecule has 2 atom stereocenters. The summed E-state index contributed by atoms with van der Waals surface area (Å²) in [4.78, 5) is 25.9. The van der Waals surface area contributed by atoms with E-state index in [1.807, 2.05) is 67.1 Å². The summed E-state index contributed by atoms with van der Waals surface area (Å²) in [5.41, 5.74) is 4.09. The van der Waals surface area contributed by atoms with Crippen molar-refractivity contribution in [2.75, 3.05) is 19.1 Å². The fourth-order valence-corrected chi connectivity index (χ4v) is 4.91. The molecule has 5 nitrogen and oxygen atoms in total. The van der Waals surface area contributed by atoms with Gasteiger partial charge in [-0.2, -0.15) is 11.8 Å². The van der Waals surface area contributed by atoms with Crippen LogP contribution in [0.3, 0.4) is 0 Å². The van der Waals surface area contributed by atoms with E-state index in [1.54, 1.807) is 36.3 Å². The van der Waals surface area contributed by atoms with Gasteiger partial charge in [0.05, 0.1) is 0 Å². The Hall–Kier alpha value is -2.01. The number of aliphatic carboxylic acids is 1. The molecule has 0 aliphatic rings. The first kappa shape index (κ1) is 27.2. The summed E-state index contributed by atoms with van der Waals surface area (Å²) < 4.78 is 5.77. The number of rotatable bonds is 10. The van der Waals surface area contributed by atoms with Crippen LogP contribution in [0.1, 0.15) is 38.9 Å². The Morgan fingerprint density at radius 2 is 1.88 bits per heavy atom. The van der Waals surface area contributed by atoms with Crippen LogP contribution in [0.2, 0.25) is 0 Å². The monoisotopic (exact) mass is 477 g/mol. The van der Waals surface area contributed by atoms with Crippen molar-refractivity contribution < 1.29 is 19.4 Å². The number of carboxylic acid groups (broad SMARTS) is 1. The summed E-state index contributed by atoms with van der Waals surface area (Å²) in [5, 5.41) is 14.3. The molecule has 3 rings (SSSR count). The van der Waals surface area contributed by atoms with Crippen LogP contribution < -0.4 is 5.32 Å². The van der Waals surface area contributed by atoms with E-state index in [-0.39, 0.29) is 25.0 Å². The van der Waals surface area contributed by atoms with E-state index in [9.17, 15) is 14.7 Å². The third-order valence-electron chi connectivity index (χ3n) is 5.28. The molecule has 0 saturated heterocycles.